The second-order valence-electron chi connectivity index (χ2n) is 5.18. The topological polar surface area (TPSA) is 26.7 Å². The van der Waals surface area contributed by atoms with Gasteiger partial charge >= 0.3 is 0 Å². The first-order valence-corrected chi connectivity index (χ1v) is 6.73. The van der Waals surface area contributed by atoms with Gasteiger partial charge in [0.05, 0.1) is 0 Å². The summed E-state index contributed by atoms with van der Waals surface area (Å²) < 4.78 is 0. The molecule has 1 N–H and O–H groups in total. The minimum absolute atomic E-state index is 0.350. The van der Waals surface area contributed by atoms with E-state index in [-0.39, 0.29) is 0 Å². The molecule has 16 heavy (non-hydrogen) atoms. The van der Waals surface area contributed by atoms with Gasteiger partial charge in [-0.05, 0) is 52.9 Å². The van der Waals surface area contributed by atoms with Crippen LogP contribution in [0, 0.1) is 0 Å². The van der Waals surface area contributed by atoms with Gasteiger partial charge in [0.1, 0.15) is 0 Å². The Morgan fingerprint density at radius 1 is 1.25 bits per heavy atom. The zero-order valence-corrected chi connectivity index (χ0v) is 11.0. The van der Waals surface area contributed by atoms with E-state index in [1.165, 1.54) is 51.7 Å². The molecular formula is C13H28N2O. The highest BCUT2D eigenvalue weighted by Crippen LogP contribution is 2.15. The van der Waals surface area contributed by atoms with Crippen LogP contribution in [-0.2, 0) is 0 Å². The Labute approximate surface area is 100 Å². The monoisotopic (exact) mass is 228 g/mol. The molecule has 3 nitrogen and oxygen atoms in total. The lowest BCUT2D eigenvalue weighted by molar-refractivity contribution is 0.216. The normalized spacial score (nSPS) is 22.1. The van der Waals surface area contributed by atoms with Gasteiger partial charge in [-0.15, -0.1) is 0 Å². The molecule has 1 saturated heterocycles. The fraction of sp³-hybridized carbons (Fsp3) is 1.00. The molecule has 1 unspecified atom stereocenters. The van der Waals surface area contributed by atoms with E-state index in [0.29, 0.717) is 6.61 Å². The van der Waals surface area contributed by atoms with Gasteiger partial charge in [0, 0.05) is 19.2 Å². The van der Waals surface area contributed by atoms with E-state index in [2.05, 4.69) is 23.9 Å². The largest absolute Gasteiger partial charge is 0.396 e. The fourth-order valence-electron chi connectivity index (χ4n) is 2.51. The van der Waals surface area contributed by atoms with Crippen LogP contribution in [0.15, 0.2) is 0 Å². The first-order valence-electron chi connectivity index (χ1n) is 6.73. The van der Waals surface area contributed by atoms with E-state index in [9.17, 15) is 0 Å². The number of hydrogen-bond donors (Lipinski definition) is 1. The van der Waals surface area contributed by atoms with Crippen molar-refractivity contribution in [3.63, 3.8) is 0 Å². The minimum atomic E-state index is 0.350. The van der Waals surface area contributed by atoms with E-state index in [1.807, 2.05) is 0 Å². The third kappa shape index (κ3) is 5.28. The molecule has 0 saturated carbocycles. The highest BCUT2D eigenvalue weighted by molar-refractivity contribution is 4.78. The van der Waals surface area contributed by atoms with Gasteiger partial charge in [0.2, 0.25) is 0 Å². The second kappa shape index (κ2) is 8.04. The van der Waals surface area contributed by atoms with Gasteiger partial charge in [-0.25, -0.2) is 0 Å². The van der Waals surface area contributed by atoms with Gasteiger partial charge < -0.3 is 14.9 Å². The molecular weight excluding hydrogens is 200 g/mol. The van der Waals surface area contributed by atoms with Crippen LogP contribution in [0.5, 0.6) is 0 Å². The molecule has 0 aromatic rings. The Morgan fingerprint density at radius 2 is 2.00 bits per heavy atom. The van der Waals surface area contributed by atoms with Crippen LogP contribution in [0.2, 0.25) is 0 Å². The number of hydrogen-bond acceptors (Lipinski definition) is 3. The molecule has 0 aromatic carbocycles. The quantitative estimate of drug-likeness (QED) is 0.639. The number of aliphatic hydroxyl groups excluding tert-OH is 1. The van der Waals surface area contributed by atoms with Crippen molar-refractivity contribution >= 4 is 0 Å². The van der Waals surface area contributed by atoms with Crippen molar-refractivity contribution in [2.75, 3.05) is 40.3 Å². The fourth-order valence-corrected chi connectivity index (χ4v) is 2.51. The van der Waals surface area contributed by atoms with Crippen LogP contribution < -0.4 is 0 Å². The predicted molar refractivity (Wildman–Crippen MR) is 68.7 cm³/mol. The zero-order valence-electron chi connectivity index (χ0n) is 11.0. The van der Waals surface area contributed by atoms with E-state index in [1.54, 1.807) is 0 Å². The lowest BCUT2D eigenvalue weighted by atomic mass is 10.1. The summed E-state index contributed by atoms with van der Waals surface area (Å²) >= 11 is 0. The first-order chi connectivity index (χ1) is 7.74. The Morgan fingerprint density at radius 3 is 2.62 bits per heavy atom. The molecule has 1 fully saturated rings. The Balaban J connectivity index is 1.99. The van der Waals surface area contributed by atoms with Crippen LogP contribution in [0.25, 0.3) is 0 Å². The molecule has 0 spiro atoms. The van der Waals surface area contributed by atoms with Gasteiger partial charge in [-0.3, -0.25) is 0 Å². The average Bonchev–Trinajstić information content (AvgIpc) is 2.64. The predicted octanol–water partition coefficient (Wildman–Crippen LogP) is 1.57. The summed E-state index contributed by atoms with van der Waals surface area (Å²) in [7, 11) is 4.48. The van der Waals surface area contributed by atoms with Crippen molar-refractivity contribution in [3.8, 4) is 0 Å². The zero-order chi connectivity index (χ0) is 11.8. The van der Waals surface area contributed by atoms with E-state index in [4.69, 9.17) is 5.11 Å². The standard InChI is InChI=1S/C13H28N2O/c1-14(9-5-3-4-6-11-16)12-13-8-7-10-15(13)2/h13,16H,3-12H2,1-2H3. The Bertz CT molecular complexity index is 175. The van der Waals surface area contributed by atoms with Crippen molar-refractivity contribution < 1.29 is 5.11 Å². The summed E-state index contributed by atoms with van der Waals surface area (Å²) in [5.41, 5.74) is 0. The van der Waals surface area contributed by atoms with Gasteiger partial charge in [0.15, 0.2) is 0 Å². The van der Waals surface area contributed by atoms with E-state index < -0.39 is 0 Å². The number of likely N-dealkylation sites (N-methyl/N-ethyl adjacent to an activating group) is 2. The summed E-state index contributed by atoms with van der Waals surface area (Å²) in [5.74, 6) is 0. The second-order valence-corrected chi connectivity index (χ2v) is 5.18. The first kappa shape index (κ1) is 13.9. The summed E-state index contributed by atoms with van der Waals surface area (Å²) in [6, 6.07) is 0.780. The van der Waals surface area contributed by atoms with Crippen molar-refractivity contribution in [3.05, 3.63) is 0 Å². The molecule has 0 bridgehead atoms. The number of nitrogens with zero attached hydrogens (tertiary/aromatic N) is 2. The van der Waals surface area contributed by atoms with Gasteiger partial charge in [-0.1, -0.05) is 12.8 Å². The lowest BCUT2D eigenvalue weighted by Gasteiger charge is -2.25. The maximum Gasteiger partial charge on any atom is 0.0431 e. The highest BCUT2D eigenvalue weighted by atomic mass is 16.2. The van der Waals surface area contributed by atoms with Crippen molar-refractivity contribution in [1.82, 2.24) is 9.80 Å². The summed E-state index contributed by atoms with van der Waals surface area (Å²) in [4.78, 5) is 4.95. The van der Waals surface area contributed by atoms with Crippen LogP contribution in [0.1, 0.15) is 38.5 Å². The molecule has 1 aliphatic heterocycles. The van der Waals surface area contributed by atoms with Crippen molar-refractivity contribution in [1.29, 1.82) is 0 Å². The molecule has 96 valence electrons. The van der Waals surface area contributed by atoms with E-state index in [0.717, 1.165) is 12.5 Å². The lowest BCUT2D eigenvalue weighted by Crippen LogP contribution is -2.36. The summed E-state index contributed by atoms with van der Waals surface area (Å²) in [6.07, 6.45) is 7.40. The van der Waals surface area contributed by atoms with Gasteiger partial charge in [0.25, 0.3) is 0 Å². The van der Waals surface area contributed by atoms with Crippen molar-refractivity contribution in [2.24, 2.45) is 0 Å². The maximum atomic E-state index is 8.68. The summed E-state index contributed by atoms with van der Waals surface area (Å²) in [5, 5.41) is 8.68. The number of unbranched alkanes of at least 4 members (excludes halogenated alkanes) is 3. The number of aliphatic hydroxyl groups is 1. The smallest absolute Gasteiger partial charge is 0.0431 e. The average molecular weight is 228 g/mol. The summed E-state index contributed by atoms with van der Waals surface area (Å²) in [6.45, 7) is 4.05. The minimum Gasteiger partial charge on any atom is -0.396 e. The molecule has 1 atom stereocenters. The van der Waals surface area contributed by atoms with Crippen LogP contribution >= 0.6 is 0 Å². The maximum absolute atomic E-state index is 8.68. The molecule has 1 aliphatic rings. The number of rotatable bonds is 8. The molecule has 1 rings (SSSR count). The highest BCUT2D eigenvalue weighted by Gasteiger charge is 2.21. The van der Waals surface area contributed by atoms with Crippen molar-refractivity contribution in [2.45, 2.75) is 44.6 Å². The van der Waals surface area contributed by atoms with E-state index >= 15 is 0 Å². The molecule has 0 radical (unpaired) electrons. The van der Waals surface area contributed by atoms with Crippen LogP contribution in [-0.4, -0.2) is 61.3 Å². The molecule has 3 heteroatoms. The Hall–Kier alpha value is -0.120. The molecule has 0 amide bonds. The Kier molecular flexibility index (Phi) is 7.01. The third-order valence-electron chi connectivity index (χ3n) is 3.64. The van der Waals surface area contributed by atoms with Crippen LogP contribution in [0.3, 0.4) is 0 Å². The molecule has 1 heterocycles. The SMILES string of the molecule is CN(CCCCCCO)CC1CCCN1C. The van der Waals surface area contributed by atoms with Crippen LogP contribution in [0.4, 0.5) is 0 Å². The van der Waals surface area contributed by atoms with Gasteiger partial charge in [-0.2, -0.15) is 0 Å². The molecule has 0 aromatic heterocycles. The number of likely N-dealkylation sites (tertiary alicyclic amines) is 1. The molecule has 0 aliphatic carbocycles. The third-order valence-corrected chi connectivity index (χ3v) is 3.64.